The van der Waals surface area contributed by atoms with Gasteiger partial charge in [0.05, 0.1) is 46.8 Å². The summed E-state index contributed by atoms with van der Waals surface area (Å²) >= 11 is 6.56. The van der Waals surface area contributed by atoms with Gasteiger partial charge in [-0.1, -0.05) is 55.1 Å². The number of amides is 4. The van der Waals surface area contributed by atoms with Gasteiger partial charge in [-0.2, -0.15) is 4.98 Å². The Morgan fingerprint density at radius 3 is 2.52 bits per heavy atom. The van der Waals surface area contributed by atoms with Crippen LogP contribution in [0.5, 0.6) is 5.75 Å². The third-order valence-corrected chi connectivity index (χ3v) is 15.7. The number of likely N-dealkylation sites (tertiary alicyclic amines) is 2. The minimum atomic E-state index is -0.671. The van der Waals surface area contributed by atoms with Gasteiger partial charge in [-0.25, -0.2) is 0 Å². The SMILES string of the molecule is O=C1CC[C@H](N2Cc3c(ccc4c3OCC43CCN(C(=O)COCCN4CCC(c5ccc6c(c5)C5(CCCCC5)c5nc(=O)c7c(Cl)cccc7n5-6)CC4)CC3)C2=O)C(=O)N1. The fourth-order valence-electron chi connectivity index (χ4n) is 12.0. The number of rotatable bonds is 7. The normalized spacial score (nSPS) is 22.8. The monoisotopic (exact) mass is 858 g/mol. The minimum Gasteiger partial charge on any atom is -0.492 e. The van der Waals surface area contributed by atoms with Crippen LogP contribution in [-0.4, -0.2) is 106 Å². The average Bonchev–Trinajstić information content (AvgIpc) is 3.90. The van der Waals surface area contributed by atoms with Crippen LogP contribution in [0.1, 0.15) is 115 Å². The van der Waals surface area contributed by atoms with Gasteiger partial charge in [0.2, 0.25) is 17.7 Å². The van der Waals surface area contributed by atoms with Gasteiger partial charge in [-0.3, -0.25) is 33.9 Å². The van der Waals surface area contributed by atoms with Crippen molar-refractivity contribution in [3.8, 4) is 11.4 Å². The third-order valence-electron chi connectivity index (χ3n) is 15.4. The molecule has 7 heterocycles. The van der Waals surface area contributed by atoms with Crippen LogP contribution in [-0.2, 0) is 36.5 Å². The highest BCUT2D eigenvalue weighted by Gasteiger charge is 2.49. The lowest BCUT2D eigenvalue weighted by atomic mass is 9.69. The Hall–Kier alpha value is -5.11. The molecule has 13 nitrogen and oxygen atoms in total. The van der Waals surface area contributed by atoms with Crippen molar-refractivity contribution in [1.29, 1.82) is 0 Å². The summed E-state index contributed by atoms with van der Waals surface area (Å²) in [5.41, 5.74) is 6.34. The molecule has 1 N–H and O–H groups in total. The Morgan fingerprint density at radius 1 is 0.919 bits per heavy atom. The van der Waals surface area contributed by atoms with Crippen LogP contribution in [0.25, 0.3) is 16.6 Å². The van der Waals surface area contributed by atoms with Crippen LogP contribution in [0, 0.1) is 0 Å². The van der Waals surface area contributed by atoms with Gasteiger partial charge in [0.1, 0.15) is 24.2 Å². The molecule has 1 aliphatic carbocycles. The van der Waals surface area contributed by atoms with Crippen molar-refractivity contribution in [2.75, 3.05) is 52.5 Å². The third kappa shape index (κ3) is 6.31. The second kappa shape index (κ2) is 15.3. The molecule has 2 spiro atoms. The zero-order valence-electron chi connectivity index (χ0n) is 34.9. The second-order valence-corrected chi connectivity index (χ2v) is 19.0. The first kappa shape index (κ1) is 39.7. The van der Waals surface area contributed by atoms with E-state index in [2.05, 4.69) is 33.0 Å². The van der Waals surface area contributed by atoms with E-state index >= 15 is 0 Å². The molecule has 4 aromatic rings. The van der Waals surface area contributed by atoms with Gasteiger partial charge in [0.25, 0.3) is 11.5 Å². The molecule has 6 aliphatic heterocycles. The molecule has 62 heavy (non-hydrogen) atoms. The van der Waals surface area contributed by atoms with Crippen molar-refractivity contribution in [3.63, 3.8) is 0 Å². The fraction of sp³-hybridized carbons (Fsp3) is 0.500. The smallest absolute Gasteiger partial charge is 0.282 e. The van der Waals surface area contributed by atoms with Gasteiger partial charge in [-0.15, -0.1) is 0 Å². The van der Waals surface area contributed by atoms with Crippen LogP contribution in [0.4, 0.5) is 0 Å². The quantitative estimate of drug-likeness (QED) is 0.188. The van der Waals surface area contributed by atoms with E-state index in [4.69, 9.17) is 26.1 Å². The topological polar surface area (TPSA) is 143 Å². The number of hydrogen-bond donors (Lipinski definition) is 1. The Morgan fingerprint density at radius 2 is 1.73 bits per heavy atom. The summed E-state index contributed by atoms with van der Waals surface area (Å²) in [7, 11) is 0. The molecule has 0 radical (unpaired) electrons. The van der Waals surface area contributed by atoms with E-state index in [1.54, 1.807) is 11.0 Å². The van der Waals surface area contributed by atoms with E-state index in [1.165, 1.54) is 17.5 Å². The van der Waals surface area contributed by atoms with Gasteiger partial charge in [-0.05, 0) is 99.3 Å². The Bertz CT molecular complexity index is 2600. The number of nitrogens with one attached hydrogen (secondary N) is 1. The first-order valence-electron chi connectivity index (χ1n) is 22.5. The molecule has 0 unspecified atom stereocenters. The number of nitrogens with zero attached hydrogens (tertiary/aromatic N) is 5. The van der Waals surface area contributed by atoms with Crippen molar-refractivity contribution in [1.82, 2.24) is 29.6 Å². The van der Waals surface area contributed by atoms with Crippen molar-refractivity contribution in [2.45, 2.75) is 100.0 Å². The molecule has 322 valence electrons. The van der Waals surface area contributed by atoms with Crippen LogP contribution in [0.2, 0.25) is 5.02 Å². The molecular formula is C48H51ClN6O7. The maximum absolute atomic E-state index is 13.4. The molecule has 3 saturated heterocycles. The van der Waals surface area contributed by atoms with Crippen molar-refractivity contribution in [2.24, 2.45) is 0 Å². The first-order chi connectivity index (χ1) is 30.1. The molecule has 4 amide bonds. The van der Waals surface area contributed by atoms with E-state index in [-0.39, 0.29) is 53.7 Å². The van der Waals surface area contributed by atoms with E-state index < -0.39 is 11.9 Å². The summed E-state index contributed by atoms with van der Waals surface area (Å²) in [6.07, 6.45) is 9.55. The summed E-state index contributed by atoms with van der Waals surface area (Å²) in [5, 5.41) is 3.30. The van der Waals surface area contributed by atoms with Crippen molar-refractivity contribution in [3.05, 3.63) is 97.5 Å². The molecule has 3 aromatic carbocycles. The molecule has 14 heteroatoms. The zero-order valence-corrected chi connectivity index (χ0v) is 35.6. The van der Waals surface area contributed by atoms with Crippen LogP contribution in [0.3, 0.4) is 0 Å². The van der Waals surface area contributed by atoms with Crippen molar-refractivity contribution >= 4 is 46.1 Å². The average molecular weight is 859 g/mol. The largest absolute Gasteiger partial charge is 0.492 e. The summed E-state index contributed by atoms with van der Waals surface area (Å²) in [6.45, 7) is 5.25. The van der Waals surface area contributed by atoms with Gasteiger partial charge >= 0.3 is 0 Å². The number of hydrogen-bond acceptors (Lipinski definition) is 9. The number of fused-ring (bicyclic) bond motifs is 11. The zero-order chi connectivity index (χ0) is 42.3. The Balaban J connectivity index is 0.673. The van der Waals surface area contributed by atoms with E-state index in [1.807, 2.05) is 29.2 Å². The lowest BCUT2D eigenvalue weighted by Crippen LogP contribution is -2.52. The maximum atomic E-state index is 13.4. The number of imide groups is 1. The molecule has 11 rings (SSSR count). The summed E-state index contributed by atoms with van der Waals surface area (Å²) in [5.74, 6) is 1.12. The summed E-state index contributed by atoms with van der Waals surface area (Å²) < 4.78 is 14.5. The summed E-state index contributed by atoms with van der Waals surface area (Å²) in [4.78, 5) is 75.0. The van der Waals surface area contributed by atoms with E-state index in [9.17, 15) is 24.0 Å². The molecule has 0 bridgehead atoms. The highest BCUT2D eigenvalue weighted by Crippen LogP contribution is 2.53. The number of halogens is 1. The maximum Gasteiger partial charge on any atom is 0.282 e. The molecule has 4 fully saturated rings. The van der Waals surface area contributed by atoms with Gasteiger partial charge in [0.15, 0.2) is 0 Å². The number of carbonyl (C=O) groups is 4. The molecule has 1 saturated carbocycles. The van der Waals surface area contributed by atoms with Crippen molar-refractivity contribution < 1.29 is 28.7 Å². The lowest BCUT2D eigenvalue weighted by Gasteiger charge is -2.38. The standard InChI is InChI=1S/C48H51ClN6O7/c49-35-5-4-6-37-41(35)44(59)51-46-48(15-2-1-3-16-48)34-25-30(7-10-36(34)55(37)46)29-13-19-52(20-14-29)23-24-61-27-40(57)53-21-17-47(18-22-53)28-62-42-32-26-54(38-11-12-39(56)50-43(38)58)45(60)31(32)8-9-33(42)47/h4-10,25,29,38H,1-3,11-24,26-28H2,(H,50,56,58)/t38-/m0/s1. The van der Waals surface area contributed by atoms with Crippen LogP contribution >= 0.6 is 11.6 Å². The number of carbonyl (C=O) groups excluding carboxylic acids is 4. The Kier molecular flexibility index (Phi) is 9.80. The van der Waals surface area contributed by atoms with Crippen LogP contribution in [0.15, 0.2) is 53.3 Å². The first-order valence-corrected chi connectivity index (χ1v) is 22.9. The number of piperidine rings is 3. The Labute approximate surface area is 364 Å². The highest BCUT2D eigenvalue weighted by molar-refractivity contribution is 6.35. The second-order valence-electron chi connectivity index (χ2n) is 18.6. The van der Waals surface area contributed by atoms with Gasteiger partial charge < -0.3 is 24.2 Å². The molecule has 1 aromatic heterocycles. The predicted octanol–water partition coefficient (Wildman–Crippen LogP) is 5.51. The minimum absolute atomic E-state index is 0.00237. The lowest BCUT2D eigenvalue weighted by molar-refractivity contribution is -0.138. The number of benzene rings is 3. The van der Waals surface area contributed by atoms with E-state index in [0.717, 1.165) is 105 Å². The number of aromatic nitrogens is 2. The van der Waals surface area contributed by atoms with Gasteiger partial charge in [0, 0.05) is 48.2 Å². The summed E-state index contributed by atoms with van der Waals surface area (Å²) in [6, 6.07) is 15.8. The predicted molar refractivity (Wildman–Crippen MR) is 231 cm³/mol. The molecular weight excluding hydrogens is 808 g/mol. The van der Waals surface area contributed by atoms with E-state index in [0.29, 0.717) is 54.6 Å². The molecule has 1 atom stereocenters. The number of ether oxygens (including phenoxy) is 2. The fourth-order valence-corrected chi connectivity index (χ4v) is 12.2. The molecule has 7 aliphatic rings. The highest BCUT2D eigenvalue weighted by atomic mass is 35.5. The van der Waals surface area contributed by atoms with Crippen LogP contribution < -0.4 is 15.6 Å².